The summed E-state index contributed by atoms with van der Waals surface area (Å²) in [5.74, 6) is 2.57. The van der Waals surface area contributed by atoms with E-state index >= 15 is 0 Å². The summed E-state index contributed by atoms with van der Waals surface area (Å²) in [5.41, 5.74) is 5.29. The van der Waals surface area contributed by atoms with Gasteiger partial charge in [0.25, 0.3) is 0 Å². The number of nitrogens with zero attached hydrogens (tertiary/aromatic N) is 5. The van der Waals surface area contributed by atoms with Crippen molar-refractivity contribution >= 4 is 17.3 Å². The van der Waals surface area contributed by atoms with Crippen molar-refractivity contribution < 1.29 is 9.53 Å². The van der Waals surface area contributed by atoms with Gasteiger partial charge in [-0.25, -0.2) is 14.3 Å². The fourth-order valence-electron chi connectivity index (χ4n) is 3.86. The third-order valence-electron chi connectivity index (χ3n) is 5.50. The predicted octanol–water partition coefficient (Wildman–Crippen LogP) is 4.25. The standard InChI is InChI=1S/C24H21N5O2/c1-17(19-4-2-12-25-14-19)31-24-11-10-23-26-15-22(29(23)27-24)18-6-8-20(9-7-18)28-13-3-5-21(28)16-30/h2,4,6-12,14-15,17H,3,5,13H2,1H3. The second-order valence-electron chi connectivity index (χ2n) is 7.48. The van der Waals surface area contributed by atoms with Gasteiger partial charge in [0.05, 0.1) is 11.9 Å². The molecule has 1 aliphatic rings. The van der Waals surface area contributed by atoms with Crippen molar-refractivity contribution in [2.45, 2.75) is 25.9 Å². The molecule has 0 saturated carbocycles. The number of carbonyl (C=O) groups excluding carboxylic acids is 1. The van der Waals surface area contributed by atoms with Crippen LogP contribution in [0.3, 0.4) is 0 Å². The maximum atomic E-state index is 11.2. The number of hydrogen-bond acceptors (Lipinski definition) is 6. The van der Waals surface area contributed by atoms with Gasteiger partial charge in [0, 0.05) is 48.2 Å². The van der Waals surface area contributed by atoms with Crippen LogP contribution in [-0.2, 0) is 4.79 Å². The summed E-state index contributed by atoms with van der Waals surface area (Å²) in [6.07, 6.45) is 6.91. The minimum Gasteiger partial charge on any atom is -0.469 e. The zero-order valence-corrected chi connectivity index (χ0v) is 17.1. The SMILES string of the molecule is CC(Oc1ccc2ncc(-c3ccc(N4CCCC4=C=O)cc3)n2n1)c1cccnc1. The van der Waals surface area contributed by atoms with E-state index in [1.807, 2.05) is 60.4 Å². The van der Waals surface area contributed by atoms with Crippen LogP contribution in [0.5, 0.6) is 5.88 Å². The van der Waals surface area contributed by atoms with Crippen LogP contribution < -0.4 is 9.64 Å². The predicted molar refractivity (Wildman–Crippen MR) is 117 cm³/mol. The van der Waals surface area contributed by atoms with E-state index in [2.05, 4.69) is 21.0 Å². The van der Waals surface area contributed by atoms with E-state index in [1.165, 1.54) is 0 Å². The van der Waals surface area contributed by atoms with Gasteiger partial charge in [-0.15, -0.1) is 5.10 Å². The van der Waals surface area contributed by atoms with E-state index < -0.39 is 0 Å². The minimum atomic E-state index is -0.176. The molecule has 5 rings (SSSR count). The van der Waals surface area contributed by atoms with Crippen LogP contribution in [0.4, 0.5) is 5.69 Å². The number of hydrogen-bond donors (Lipinski definition) is 0. The fourth-order valence-corrected chi connectivity index (χ4v) is 3.86. The highest BCUT2D eigenvalue weighted by atomic mass is 16.5. The first kappa shape index (κ1) is 19.0. The van der Waals surface area contributed by atoms with Crippen molar-refractivity contribution in [2.75, 3.05) is 11.4 Å². The summed E-state index contributed by atoms with van der Waals surface area (Å²) in [5, 5.41) is 4.65. The Kier molecular flexibility index (Phi) is 4.94. The molecule has 1 aromatic carbocycles. The van der Waals surface area contributed by atoms with Gasteiger partial charge in [-0.3, -0.25) is 4.98 Å². The molecule has 154 valence electrons. The Labute approximate surface area is 179 Å². The average molecular weight is 411 g/mol. The summed E-state index contributed by atoms with van der Waals surface area (Å²) in [7, 11) is 0. The van der Waals surface area contributed by atoms with Gasteiger partial charge in [0.1, 0.15) is 17.7 Å². The van der Waals surface area contributed by atoms with Crippen molar-refractivity contribution in [1.29, 1.82) is 0 Å². The molecule has 1 unspecified atom stereocenters. The molecule has 31 heavy (non-hydrogen) atoms. The molecule has 1 atom stereocenters. The maximum absolute atomic E-state index is 11.2. The van der Waals surface area contributed by atoms with Crippen LogP contribution in [0.15, 0.2) is 72.8 Å². The van der Waals surface area contributed by atoms with E-state index in [4.69, 9.17) is 4.74 Å². The number of anilines is 1. The summed E-state index contributed by atoms with van der Waals surface area (Å²) in [4.78, 5) is 21.8. The molecule has 0 spiro atoms. The third-order valence-corrected chi connectivity index (χ3v) is 5.50. The lowest BCUT2D eigenvalue weighted by molar-refractivity contribution is 0.214. The second-order valence-corrected chi connectivity index (χ2v) is 7.48. The number of pyridine rings is 1. The molecule has 1 aliphatic heterocycles. The Balaban J connectivity index is 1.42. The van der Waals surface area contributed by atoms with Crippen molar-refractivity contribution in [3.8, 4) is 17.1 Å². The first-order valence-electron chi connectivity index (χ1n) is 10.3. The number of imidazole rings is 1. The monoisotopic (exact) mass is 411 g/mol. The highest BCUT2D eigenvalue weighted by Gasteiger charge is 2.20. The van der Waals surface area contributed by atoms with Crippen LogP contribution in [0.25, 0.3) is 16.9 Å². The first-order chi connectivity index (χ1) is 15.2. The number of fused-ring (bicyclic) bond motifs is 1. The Morgan fingerprint density at radius 1 is 1.10 bits per heavy atom. The van der Waals surface area contributed by atoms with E-state index in [0.29, 0.717) is 11.6 Å². The normalized spacial score (nSPS) is 14.6. The molecule has 4 aromatic rings. The lowest BCUT2D eigenvalue weighted by Crippen LogP contribution is -2.16. The zero-order chi connectivity index (χ0) is 21.2. The number of allylic oxidation sites excluding steroid dienone is 1. The zero-order valence-electron chi connectivity index (χ0n) is 17.1. The number of aromatic nitrogens is 4. The van der Waals surface area contributed by atoms with Gasteiger partial charge >= 0.3 is 0 Å². The largest absolute Gasteiger partial charge is 0.469 e. The fraction of sp³-hybridized carbons (Fsp3) is 0.208. The molecular formula is C24H21N5O2. The van der Waals surface area contributed by atoms with Crippen LogP contribution in [0, 0.1) is 0 Å². The molecule has 4 heterocycles. The Morgan fingerprint density at radius 2 is 1.97 bits per heavy atom. The van der Waals surface area contributed by atoms with Gasteiger partial charge in [-0.05, 0) is 37.6 Å². The summed E-state index contributed by atoms with van der Waals surface area (Å²) < 4.78 is 7.82. The molecule has 0 radical (unpaired) electrons. The second kappa shape index (κ2) is 8.05. The molecular weight excluding hydrogens is 390 g/mol. The van der Waals surface area contributed by atoms with Gasteiger partial charge in [0.15, 0.2) is 5.65 Å². The third kappa shape index (κ3) is 3.67. The van der Waals surface area contributed by atoms with Crippen molar-refractivity contribution in [2.24, 2.45) is 0 Å². The summed E-state index contributed by atoms with van der Waals surface area (Å²) in [6.45, 7) is 2.81. The lowest BCUT2D eigenvalue weighted by atomic mass is 10.1. The minimum absolute atomic E-state index is 0.176. The van der Waals surface area contributed by atoms with Gasteiger partial charge < -0.3 is 9.64 Å². The molecule has 0 amide bonds. The number of ether oxygens (including phenoxy) is 1. The quantitative estimate of drug-likeness (QED) is 0.457. The van der Waals surface area contributed by atoms with Crippen molar-refractivity contribution in [3.63, 3.8) is 0 Å². The highest BCUT2D eigenvalue weighted by molar-refractivity contribution is 5.70. The van der Waals surface area contributed by atoms with Crippen LogP contribution in [0.2, 0.25) is 0 Å². The van der Waals surface area contributed by atoms with Crippen LogP contribution in [-0.4, -0.2) is 32.1 Å². The Hall–Kier alpha value is -3.96. The molecule has 7 nitrogen and oxygen atoms in total. The van der Waals surface area contributed by atoms with Gasteiger partial charge in [0.2, 0.25) is 5.88 Å². The molecule has 7 heteroatoms. The molecule has 0 bridgehead atoms. The smallest absolute Gasteiger partial charge is 0.232 e. The molecule has 1 fully saturated rings. The number of rotatable bonds is 5. The van der Waals surface area contributed by atoms with Crippen LogP contribution >= 0.6 is 0 Å². The lowest BCUT2D eigenvalue weighted by Gasteiger charge is -2.18. The molecule has 0 N–H and O–H groups in total. The Morgan fingerprint density at radius 3 is 2.74 bits per heavy atom. The first-order valence-corrected chi connectivity index (χ1v) is 10.3. The molecule has 0 aliphatic carbocycles. The topological polar surface area (TPSA) is 72.6 Å². The van der Waals surface area contributed by atoms with E-state index in [-0.39, 0.29) is 6.10 Å². The Bertz CT molecular complexity index is 1260. The van der Waals surface area contributed by atoms with E-state index in [1.54, 1.807) is 23.1 Å². The maximum Gasteiger partial charge on any atom is 0.232 e. The highest BCUT2D eigenvalue weighted by Crippen LogP contribution is 2.30. The van der Waals surface area contributed by atoms with Crippen molar-refractivity contribution in [3.05, 3.63) is 78.4 Å². The molecule has 1 saturated heterocycles. The summed E-state index contributed by atoms with van der Waals surface area (Å²) >= 11 is 0. The average Bonchev–Trinajstić information content (AvgIpc) is 3.46. The molecule has 3 aromatic heterocycles. The number of benzene rings is 1. The van der Waals surface area contributed by atoms with Gasteiger partial charge in [-0.2, -0.15) is 0 Å². The van der Waals surface area contributed by atoms with E-state index in [9.17, 15) is 4.79 Å². The summed E-state index contributed by atoms with van der Waals surface area (Å²) in [6, 6.07) is 15.7. The van der Waals surface area contributed by atoms with Gasteiger partial charge in [-0.1, -0.05) is 18.2 Å². The van der Waals surface area contributed by atoms with Crippen molar-refractivity contribution in [1.82, 2.24) is 19.6 Å². The van der Waals surface area contributed by atoms with E-state index in [0.717, 1.165) is 47.5 Å². The van der Waals surface area contributed by atoms with Crippen LogP contribution in [0.1, 0.15) is 31.4 Å².